The van der Waals surface area contributed by atoms with Crippen LogP contribution in [0.1, 0.15) is 132 Å². The van der Waals surface area contributed by atoms with Crippen LogP contribution in [0.3, 0.4) is 0 Å². The Hall–Kier alpha value is -6.57. The largest absolute Gasteiger partial charge is 0.416 e. The Balaban J connectivity index is 0.000000175. The number of hydrogen-bond donors (Lipinski definition) is 4. The Morgan fingerprint density at radius 3 is 1.05 bits per heavy atom. The molecule has 540 valence electrons. The van der Waals surface area contributed by atoms with E-state index in [0.717, 1.165) is 162 Å². The van der Waals surface area contributed by atoms with Gasteiger partial charge >= 0.3 is 30.7 Å². The first kappa shape index (κ1) is 76.6. The van der Waals surface area contributed by atoms with Crippen LogP contribution in [0.25, 0.3) is 0 Å². The van der Waals surface area contributed by atoms with Gasteiger partial charge in [0.15, 0.2) is 0 Å². The number of alkyl halides is 12. The van der Waals surface area contributed by atoms with Crippen LogP contribution in [0.5, 0.6) is 0 Å². The van der Waals surface area contributed by atoms with Gasteiger partial charge in [0.25, 0.3) is 0 Å². The number of nitrogens with one attached hydrogen (secondary N) is 4. The number of nitrogens with zero attached hydrogens (tertiary/aromatic N) is 6. The predicted molar refractivity (Wildman–Crippen MR) is 366 cm³/mol. The highest BCUT2D eigenvalue weighted by atomic mass is 19.4. The Morgan fingerprint density at radius 2 is 0.697 bits per heavy atom. The molecule has 2 saturated carbocycles. The molecule has 3 saturated heterocycles. The van der Waals surface area contributed by atoms with Crippen LogP contribution in [0, 0.1) is 0 Å². The number of carbonyl (C=O) groups excluding carboxylic acids is 1. The Morgan fingerprint density at radius 1 is 0.384 bits per heavy atom. The number of rotatable bonds is 21. The van der Waals surface area contributed by atoms with Gasteiger partial charge < -0.3 is 26.2 Å². The first-order valence-electron chi connectivity index (χ1n) is 35.1. The first-order chi connectivity index (χ1) is 47.4. The molecule has 0 aromatic heterocycles. The summed E-state index contributed by atoms with van der Waals surface area (Å²) in [5.41, 5.74) is 2.65. The van der Waals surface area contributed by atoms with Gasteiger partial charge in [0, 0.05) is 128 Å². The van der Waals surface area contributed by atoms with Crippen molar-refractivity contribution in [2.45, 2.75) is 132 Å². The van der Waals surface area contributed by atoms with E-state index in [1.807, 2.05) is 24.3 Å². The average Bonchev–Trinajstić information content (AvgIpc) is 0.855. The van der Waals surface area contributed by atoms with Gasteiger partial charge in [-0.15, -0.1) is 0 Å². The molecule has 3 aliphatic heterocycles. The number of benzene rings is 6. The summed E-state index contributed by atoms with van der Waals surface area (Å²) in [5.74, 6) is 0. The van der Waals surface area contributed by atoms with Crippen LogP contribution in [0.2, 0.25) is 0 Å². The third-order valence-electron chi connectivity index (χ3n) is 20.1. The van der Waals surface area contributed by atoms with Gasteiger partial charge in [-0.25, -0.2) is 4.79 Å². The van der Waals surface area contributed by atoms with E-state index in [-0.39, 0.29) is 12.1 Å². The molecule has 4 N–H and O–H groups in total. The van der Waals surface area contributed by atoms with Gasteiger partial charge in [-0.1, -0.05) is 136 Å². The maximum atomic E-state index is 13.1. The van der Waals surface area contributed by atoms with Gasteiger partial charge in [0.05, 0.1) is 28.3 Å². The van der Waals surface area contributed by atoms with E-state index in [4.69, 9.17) is 0 Å². The highest BCUT2D eigenvalue weighted by molar-refractivity contribution is 5.89. The van der Waals surface area contributed by atoms with E-state index in [0.29, 0.717) is 56.3 Å². The fourth-order valence-corrected chi connectivity index (χ4v) is 14.2. The summed E-state index contributed by atoms with van der Waals surface area (Å²) in [6, 6.07) is 42.3. The molecule has 3 heterocycles. The summed E-state index contributed by atoms with van der Waals surface area (Å²) in [6.45, 7) is 14.9. The molecular formula is C76H96F12N10O. The van der Waals surface area contributed by atoms with Gasteiger partial charge in [0.2, 0.25) is 0 Å². The second-order valence-corrected chi connectivity index (χ2v) is 26.8. The lowest BCUT2D eigenvalue weighted by Crippen LogP contribution is -2.53. The fourth-order valence-electron chi connectivity index (χ4n) is 14.2. The summed E-state index contributed by atoms with van der Waals surface area (Å²) in [5, 5.41) is 12.5. The van der Waals surface area contributed by atoms with Crippen molar-refractivity contribution in [3.05, 3.63) is 208 Å². The second-order valence-electron chi connectivity index (χ2n) is 26.8. The second kappa shape index (κ2) is 36.9. The number of piperazine rings is 3. The van der Waals surface area contributed by atoms with Crippen molar-refractivity contribution in [3.8, 4) is 0 Å². The summed E-state index contributed by atoms with van der Waals surface area (Å²) in [7, 11) is 2.15. The first-order valence-corrected chi connectivity index (χ1v) is 35.1. The Bertz CT molecular complexity index is 3270. The van der Waals surface area contributed by atoms with E-state index in [1.54, 1.807) is 24.3 Å². The number of likely N-dealkylation sites (N-methyl/N-ethyl adjacent to an activating group) is 1. The molecule has 99 heavy (non-hydrogen) atoms. The normalized spacial score (nSPS) is 19.0. The third kappa shape index (κ3) is 24.0. The molecule has 3 unspecified atom stereocenters. The average molecular weight is 1390 g/mol. The van der Waals surface area contributed by atoms with Crippen molar-refractivity contribution in [2.24, 2.45) is 0 Å². The Labute approximate surface area is 575 Å². The molecule has 23 heteroatoms. The van der Waals surface area contributed by atoms with Crippen molar-refractivity contribution in [2.75, 3.05) is 124 Å². The zero-order chi connectivity index (χ0) is 70.4. The highest BCUT2D eigenvalue weighted by Gasteiger charge is 2.36. The van der Waals surface area contributed by atoms with Crippen LogP contribution in [-0.4, -0.2) is 166 Å². The standard InChI is InChI=1S/C28H35F6N3.C26H33F3N4O.C22H28F3N3/c29-27(30,31)23-10-6-21(7-11-23)14-15-35-20-26(22-8-12-24(13-9-22)28(32,33)34)37-18-16-36(17-19-37)25-4-2-1-3-5-25;27-26(28,29)21-11-13-22(14-12-21)31-25(34)30-19-24(20-7-3-1-4-8-20)33-17-15-32(16-18-33)23-9-5-2-6-10-23;1-27-13-15-28(16-14-27)21(19-5-3-2-4-6-19)17-26-12-11-18-7-9-20(10-8-18)22(23,24)25/h6-13,25-26,35H,1-5,14-20H2;1,3-4,7-8,11-14,23-24H,2,5-6,9-10,15-19H2,(H2,30,31,34);2-10,21,26H,11-17H2,1H3. The maximum absolute atomic E-state index is 13.1. The fraction of sp³-hybridized carbons (Fsp3) is 0.513. The predicted octanol–water partition coefficient (Wildman–Crippen LogP) is 15.9. The molecule has 5 aliphatic rings. The lowest BCUT2D eigenvalue weighted by molar-refractivity contribution is -0.138. The molecule has 3 atom stereocenters. The number of amides is 2. The monoisotopic (exact) mass is 1390 g/mol. The maximum Gasteiger partial charge on any atom is 0.416 e. The summed E-state index contributed by atoms with van der Waals surface area (Å²) < 4.78 is 154. The molecule has 6 aromatic rings. The van der Waals surface area contributed by atoms with Crippen molar-refractivity contribution < 1.29 is 57.5 Å². The number of urea groups is 1. The van der Waals surface area contributed by atoms with Crippen LogP contribution < -0.4 is 21.3 Å². The molecule has 6 aromatic carbocycles. The summed E-state index contributed by atoms with van der Waals surface area (Å²) in [6.07, 6.45) is -3.16. The van der Waals surface area contributed by atoms with E-state index >= 15 is 0 Å². The minimum absolute atomic E-state index is 0.0352. The van der Waals surface area contributed by atoms with E-state index in [1.165, 1.54) is 94.0 Å². The smallest absolute Gasteiger partial charge is 0.336 e. The highest BCUT2D eigenvalue weighted by Crippen LogP contribution is 2.35. The van der Waals surface area contributed by atoms with Crippen LogP contribution in [-0.2, 0) is 37.5 Å². The molecule has 0 spiro atoms. The van der Waals surface area contributed by atoms with Gasteiger partial charge in [-0.2, -0.15) is 52.7 Å². The van der Waals surface area contributed by atoms with E-state index < -0.39 is 53.0 Å². The molecule has 11 nitrogen and oxygen atoms in total. The van der Waals surface area contributed by atoms with Crippen LogP contribution >= 0.6 is 0 Å². The van der Waals surface area contributed by atoms with Crippen molar-refractivity contribution >= 4 is 11.7 Å². The summed E-state index contributed by atoms with van der Waals surface area (Å²) in [4.78, 5) is 27.3. The van der Waals surface area contributed by atoms with E-state index in [9.17, 15) is 57.5 Å². The SMILES string of the molecule is CN1CCN(C(CNCCc2ccc(C(F)(F)F)cc2)c2ccccc2)CC1.FC(F)(F)c1ccc(CCNCC(c2ccc(C(F)(F)F)cc2)N2CCN(C3CCCCC3)CC2)cc1.O=C(NCC(c1ccccc1)N1CCN(C2CCCCC2)CC1)Nc1ccc(C(F)(F)F)cc1. The Kier molecular flexibility index (Phi) is 28.5. The zero-order valence-corrected chi connectivity index (χ0v) is 56.5. The van der Waals surface area contributed by atoms with Gasteiger partial charge in [0.1, 0.15) is 0 Å². The number of carbonyl (C=O) groups is 1. The van der Waals surface area contributed by atoms with E-state index in [2.05, 4.69) is 94.1 Å². The number of halogens is 12. The van der Waals surface area contributed by atoms with Crippen LogP contribution in [0.4, 0.5) is 63.2 Å². The number of hydrogen-bond acceptors (Lipinski definition) is 9. The number of anilines is 1. The van der Waals surface area contributed by atoms with Crippen molar-refractivity contribution in [1.82, 2.24) is 45.3 Å². The van der Waals surface area contributed by atoms with Crippen molar-refractivity contribution in [3.63, 3.8) is 0 Å². The van der Waals surface area contributed by atoms with Gasteiger partial charge in [-0.3, -0.25) is 24.5 Å². The quantitative estimate of drug-likeness (QED) is 0.0416. The topological polar surface area (TPSA) is 84.6 Å². The summed E-state index contributed by atoms with van der Waals surface area (Å²) >= 11 is 0. The molecule has 2 amide bonds. The minimum Gasteiger partial charge on any atom is -0.336 e. The third-order valence-corrected chi connectivity index (χ3v) is 20.1. The molecule has 5 fully saturated rings. The van der Waals surface area contributed by atoms with Crippen LogP contribution in [0.15, 0.2) is 158 Å². The van der Waals surface area contributed by atoms with Crippen molar-refractivity contribution in [1.29, 1.82) is 0 Å². The van der Waals surface area contributed by atoms with Gasteiger partial charge in [-0.05, 0) is 147 Å². The lowest BCUT2D eigenvalue weighted by Gasteiger charge is -2.43. The zero-order valence-electron chi connectivity index (χ0n) is 56.5. The lowest BCUT2D eigenvalue weighted by atomic mass is 9.93. The molecule has 0 radical (unpaired) electrons. The molecule has 0 bridgehead atoms. The molecule has 2 aliphatic carbocycles. The minimum atomic E-state index is -4.40. The molecular weight excluding hydrogens is 1300 g/mol. The molecule has 11 rings (SSSR count).